The molecule has 0 aromatic carbocycles. The molecule has 1 aromatic heterocycles. The van der Waals surface area contributed by atoms with Crippen LogP contribution in [-0.4, -0.2) is 17.2 Å². The molecule has 112 valence electrons. The third-order valence-corrected chi connectivity index (χ3v) is 4.02. The average molecular weight is 278 g/mol. The molecular formula is C15H26N4O. The molecule has 0 spiro atoms. The largest absolute Gasteiger partial charge is 0.370 e. The minimum absolute atomic E-state index is 0.482. The Morgan fingerprint density at radius 1 is 1.35 bits per heavy atom. The highest BCUT2D eigenvalue weighted by Gasteiger charge is 2.13. The fraction of sp³-hybridized carbons (Fsp3) is 0.733. The van der Waals surface area contributed by atoms with Gasteiger partial charge in [-0.15, -0.1) is 0 Å². The van der Waals surface area contributed by atoms with Gasteiger partial charge in [0, 0.05) is 11.6 Å². The Labute approximate surface area is 121 Å². The average Bonchev–Trinajstić information content (AvgIpc) is 2.63. The highest BCUT2D eigenvalue weighted by Crippen LogP contribution is 2.17. The molecule has 2 rings (SSSR count). The van der Waals surface area contributed by atoms with Crippen LogP contribution in [0.2, 0.25) is 0 Å². The molecule has 1 aliphatic carbocycles. The van der Waals surface area contributed by atoms with Crippen LogP contribution in [0, 0.1) is 6.92 Å². The van der Waals surface area contributed by atoms with Gasteiger partial charge in [-0.1, -0.05) is 37.8 Å². The van der Waals surface area contributed by atoms with Crippen LogP contribution in [0.3, 0.4) is 0 Å². The number of aliphatic imine (C=N–C) groups is 1. The van der Waals surface area contributed by atoms with Crippen molar-refractivity contribution in [1.29, 1.82) is 0 Å². The summed E-state index contributed by atoms with van der Waals surface area (Å²) in [5.41, 5.74) is 8.05. The number of hydrogen-bond acceptors (Lipinski definition) is 3. The van der Waals surface area contributed by atoms with E-state index < -0.39 is 0 Å². The minimum Gasteiger partial charge on any atom is -0.370 e. The van der Waals surface area contributed by atoms with Crippen molar-refractivity contribution in [3.8, 4) is 0 Å². The summed E-state index contributed by atoms with van der Waals surface area (Å²) in [6.07, 6.45) is 8.51. The van der Waals surface area contributed by atoms with Crippen LogP contribution >= 0.6 is 0 Å². The zero-order valence-electron chi connectivity index (χ0n) is 12.6. The van der Waals surface area contributed by atoms with Gasteiger partial charge in [-0.05, 0) is 26.2 Å². The number of nitrogens with two attached hydrogens (primary N) is 1. The standard InChI is InChI=1S/C15H26N4O/c1-3-14-13(11(2)20-19-14)10-17-15(16)18-12-8-6-4-5-7-9-12/h12H,3-10H2,1-2H3,(H3,16,17,18). The van der Waals surface area contributed by atoms with Gasteiger partial charge in [-0.25, -0.2) is 4.99 Å². The zero-order chi connectivity index (χ0) is 14.4. The fourth-order valence-electron chi connectivity index (χ4n) is 2.76. The number of hydrogen-bond donors (Lipinski definition) is 2. The van der Waals surface area contributed by atoms with Crippen LogP contribution in [0.25, 0.3) is 0 Å². The Bertz CT molecular complexity index is 445. The molecule has 0 aliphatic heterocycles. The maximum absolute atomic E-state index is 6.00. The van der Waals surface area contributed by atoms with Crippen LogP contribution in [-0.2, 0) is 13.0 Å². The lowest BCUT2D eigenvalue weighted by molar-refractivity contribution is 0.390. The molecule has 5 nitrogen and oxygen atoms in total. The molecule has 0 saturated heterocycles. The van der Waals surface area contributed by atoms with Crippen molar-refractivity contribution in [3.63, 3.8) is 0 Å². The Balaban J connectivity index is 1.91. The van der Waals surface area contributed by atoms with Crippen molar-refractivity contribution in [2.45, 2.75) is 71.4 Å². The lowest BCUT2D eigenvalue weighted by Gasteiger charge is -2.16. The summed E-state index contributed by atoms with van der Waals surface area (Å²) in [5, 5.41) is 7.39. The van der Waals surface area contributed by atoms with Crippen LogP contribution in [0.1, 0.15) is 62.5 Å². The number of rotatable bonds is 4. The number of aryl methyl sites for hydroxylation is 2. The number of guanidine groups is 1. The monoisotopic (exact) mass is 278 g/mol. The Morgan fingerprint density at radius 3 is 2.70 bits per heavy atom. The molecule has 1 aromatic rings. The molecule has 1 fully saturated rings. The fourth-order valence-corrected chi connectivity index (χ4v) is 2.76. The second kappa shape index (κ2) is 7.31. The van der Waals surface area contributed by atoms with Gasteiger partial charge in [0.15, 0.2) is 5.96 Å². The van der Waals surface area contributed by atoms with Crippen LogP contribution in [0.4, 0.5) is 0 Å². The van der Waals surface area contributed by atoms with E-state index in [0.29, 0.717) is 18.5 Å². The molecule has 0 radical (unpaired) electrons. The lowest BCUT2D eigenvalue weighted by Crippen LogP contribution is -2.39. The van der Waals surface area contributed by atoms with Crippen LogP contribution < -0.4 is 11.1 Å². The number of aromatic nitrogens is 1. The second-order valence-electron chi connectivity index (χ2n) is 5.55. The number of nitrogens with one attached hydrogen (secondary N) is 1. The highest BCUT2D eigenvalue weighted by molar-refractivity contribution is 5.78. The molecule has 1 saturated carbocycles. The first-order chi connectivity index (χ1) is 9.70. The summed E-state index contributed by atoms with van der Waals surface area (Å²) in [7, 11) is 0. The van der Waals surface area contributed by atoms with E-state index in [2.05, 4.69) is 22.4 Å². The smallest absolute Gasteiger partial charge is 0.189 e. The highest BCUT2D eigenvalue weighted by atomic mass is 16.5. The van der Waals surface area contributed by atoms with E-state index in [-0.39, 0.29) is 0 Å². The van der Waals surface area contributed by atoms with Crippen molar-refractivity contribution < 1.29 is 4.52 Å². The van der Waals surface area contributed by atoms with Crippen molar-refractivity contribution in [1.82, 2.24) is 10.5 Å². The predicted octanol–water partition coefficient (Wildman–Crippen LogP) is 2.67. The maximum Gasteiger partial charge on any atom is 0.189 e. The summed E-state index contributed by atoms with van der Waals surface area (Å²) in [5.74, 6) is 1.38. The van der Waals surface area contributed by atoms with E-state index >= 15 is 0 Å². The van der Waals surface area contributed by atoms with Crippen molar-refractivity contribution in [3.05, 3.63) is 17.0 Å². The maximum atomic E-state index is 6.00. The molecule has 0 atom stereocenters. The zero-order valence-corrected chi connectivity index (χ0v) is 12.6. The normalized spacial score (nSPS) is 18.0. The van der Waals surface area contributed by atoms with E-state index in [1.807, 2.05) is 6.92 Å². The third-order valence-electron chi connectivity index (χ3n) is 4.02. The first-order valence-corrected chi connectivity index (χ1v) is 7.71. The summed E-state index contributed by atoms with van der Waals surface area (Å²) in [6.45, 7) is 4.54. The topological polar surface area (TPSA) is 76.4 Å². The summed E-state index contributed by atoms with van der Waals surface area (Å²) < 4.78 is 5.20. The van der Waals surface area contributed by atoms with Gasteiger partial charge in [0.2, 0.25) is 0 Å². The summed E-state index contributed by atoms with van der Waals surface area (Å²) in [6, 6.07) is 0.482. The molecule has 20 heavy (non-hydrogen) atoms. The van der Waals surface area contributed by atoms with Crippen molar-refractivity contribution in [2.24, 2.45) is 10.7 Å². The van der Waals surface area contributed by atoms with Gasteiger partial charge in [0.25, 0.3) is 0 Å². The Kier molecular flexibility index (Phi) is 5.44. The van der Waals surface area contributed by atoms with Gasteiger partial charge in [0.1, 0.15) is 5.76 Å². The predicted molar refractivity (Wildman–Crippen MR) is 80.6 cm³/mol. The van der Waals surface area contributed by atoms with E-state index in [0.717, 1.165) is 23.4 Å². The Hall–Kier alpha value is -1.52. The van der Waals surface area contributed by atoms with Crippen LogP contribution in [0.5, 0.6) is 0 Å². The number of nitrogens with zero attached hydrogens (tertiary/aromatic N) is 2. The van der Waals surface area contributed by atoms with E-state index in [1.165, 1.54) is 38.5 Å². The lowest BCUT2D eigenvalue weighted by atomic mass is 10.1. The molecule has 3 N–H and O–H groups in total. The third kappa shape index (κ3) is 3.99. The quantitative estimate of drug-likeness (QED) is 0.504. The molecule has 1 heterocycles. The van der Waals surface area contributed by atoms with E-state index in [1.54, 1.807) is 0 Å². The van der Waals surface area contributed by atoms with E-state index in [4.69, 9.17) is 10.3 Å². The molecule has 0 unspecified atom stereocenters. The first-order valence-electron chi connectivity index (χ1n) is 7.71. The molecule has 5 heteroatoms. The van der Waals surface area contributed by atoms with Gasteiger partial charge >= 0.3 is 0 Å². The first kappa shape index (κ1) is 14.9. The van der Waals surface area contributed by atoms with Crippen LogP contribution in [0.15, 0.2) is 9.52 Å². The molecular weight excluding hydrogens is 252 g/mol. The van der Waals surface area contributed by atoms with Gasteiger partial charge in [0.05, 0.1) is 12.2 Å². The van der Waals surface area contributed by atoms with Gasteiger partial charge in [-0.3, -0.25) is 0 Å². The van der Waals surface area contributed by atoms with Crippen molar-refractivity contribution in [2.75, 3.05) is 0 Å². The summed E-state index contributed by atoms with van der Waals surface area (Å²) in [4.78, 5) is 4.44. The molecule has 0 amide bonds. The minimum atomic E-state index is 0.482. The molecule has 0 bridgehead atoms. The molecule has 1 aliphatic rings. The van der Waals surface area contributed by atoms with Gasteiger partial charge < -0.3 is 15.6 Å². The Morgan fingerprint density at radius 2 is 2.05 bits per heavy atom. The van der Waals surface area contributed by atoms with Crippen molar-refractivity contribution >= 4 is 5.96 Å². The van der Waals surface area contributed by atoms with Gasteiger partial charge in [-0.2, -0.15) is 0 Å². The summed E-state index contributed by atoms with van der Waals surface area (Å²) >= 11 is 0. The SMILES string of the molecule is CCc1noc(C)c1CN=C(N)NC1CCCCCC1. The van der Waals surface area contributed by atoms with E-state index in [9.17, 15) is 0 Å². The second-order valence-corrected chi connectivity index (χ2v) is 5.55.